The van der Waals surface area contributed by atoms with Crippen molar-refractivity contribution in [1.29, 1.82) is 0 Å². The molecule has 1 atom stereocenters. The lowest BCUT2D eigenvalue weighted by molar-refractivity contribution is -0.142. The summed E-state index contributed by atoms with van der Waals surface area (Å²) in [7, 11) is 0. The number of para-hydroxylation sites is 3. The van der Waals surface area contributed by atoms with E-state index in [1.165, 1.54) is 0 Å². The number of benzene rings is 3. The van der Waals surface area contributed by atoms with Crippen LogP contribution in [0.1, 0.15) is 10.4 Å². The van der Waals surface area contributed by atoms with Gasteiger partial charge in [0.15, 0.2) is 11.5 Å². The Hall–Kier alpha value is -4.00. The number of carbonyl (C=O) groups is 2. The van der Waals surface area contributed by atoms with Gasteiger partial charge in [0.05, 0.1) is 0 Å². The Kier molecular flexibility index (Phi) is 5.85. The average molecular weight is 444 g/mol. The Morgan fingerprint density at radius 3 is 2.21 bits per heavy atom. The van der Waals surface area contributed by atoms with Crippen molar-refractivity contribution < 1.29 is 23.8 Å². The maximum absolute atomic E-state index is 13.0. The highest BCUT2D eigenvalue weighted by atomic mass is 16.6. The van der Waals surface area contributed by atoms with Crippen molar-refractivity contribution >= 4 is 11.8 Å². The van der Waals surface area contributed by atoms with E-state index >= 15 is 0 Å². The van der Waals surface area contributed by atoms with Crippen LogP contribution in [0.25, 0.3) is 0 Å². The molecular weight excluding hydrogens is 420 g/mol. The van der Waals surface area contributed by atoms with Crippen molar-refractivity contribution in [2.75, 3.05) is 32.8 Å². The van der Waals surface area contributed by atoms with Gasteiger partial charge in [0.1, 0.15) is 18.1 Å². The largest absolute Gasteiger partial charge is 0.485 e. The number of carbonyl (C=O) groups excluding carboxylic acids is 2. The van der Waals surface area contributed by atoms with E-state index in [2.05, 4.69) is 0 Å². The zero-order valence-corrected chi connectivity index (χ0v) is 18.1. The zero-order chi connectivity index (χ0) is 22.6. The molecule has 0 unspecified atom stereocenters. The van der Waals surface area contributed by atoms with E-state index < -0.39 is 6.10 Å². The predicted molar refractivity (Wildman–Crippen MR) is 122 cm³/mol. The van der Waals surface area contributed by atoms with E-state index in [1.807, 2.05) is 60.7 Å². The summed E-state index contributed by atoms with van der Waals surface area (Å²) in [5.74, 6) is 2.35. The molecule has 5 rings (SSSR count). The Bertz CT molecular complexity index is 1140. The molecule has 2 aliphatic rings. The fourth-order valence-corrected chi connectivity index (χ4v) is 3.97. The van der Waals surface area contributed by atoms with Gasteiger partial charge in [-0.2, -0.15) is 0 Å². The normalized spacial score (nSPS) is 17.4. The Labute approximate surface area is 192 Å². The minimum Gasteiger partial charge on any atom is -0.485 e. The second-order valence-corrected chi connectivity index (χ2v) is 7.92. The Morgan fingerprint density at radius 1 is 0.758 bits per heavy atom. The summed E-state index contributed by atoms with van der Waals surface area (Å²) in [4.78, 5) is 29.5. The van der Waals surface area contributed by atoms with Crippen molar-refractivity contribution in [3.63, 3.8) is 0 Å². The monoisotopic (exact) mass is 444 g/mol. The fraction of sp³-hybridized carbons (Fsp3) is 0.231. The second kappa shape index (κ2) is 9.24. The first-order valence-corrected chi connectivity index (χ1v) is 11.0. The van der Waals surface area contributed by atoms with Crippen LogP contribution < -0.4 is 14.2 Å². The summed E-state index contributed by atoms with van der Waals surface area (Å²) < 4.78 is 17.4. The Balaban J connectivity index is 1.18. The van der Waals surface area contributed by atoms with Gasteiger partial charge in [0.25, 0.3) is 11.8 Å². The minimum atomic E-state index is -0.672. The lowest BCUT2D eigenvalue weighted by Gasteiger charge is -2.37. The number of ether oxygens (including phenoxy) is 3. The number of hydrogen-bond donors (Lipinski definition) is 0. The van der Waals surface area contributed by atoms with Gasteiger partial charge in [0, 0.05) is 31.7 Å². The molecule has 0 radical (unpaired) electrons. The summed E-state index contributed by atoms with van der Waals surface area (Å²) >= 11 is 0. The van der Waals surface area contributed by atoms with E-state index in [1.54, 1.807) is 28.0 Å². The molecule has 3 aromatic rings. The number of fused-ring (bicyclic) bond motifs is 1. The van der Waals surface area contributed by atoms with E-state index in [0.29, 0.717) is 54.7 Å². The molecule has 168 valence electrons. The molecule has 3 aromatic carbocycles. The zero-order valence-electron chi connectivity index (χ0n) is 18.1. The SMILES string of the molecule is O=C(c1cccc(Oc2ccccc2)c1)N1CCN(C(=O)[C@H]2COc3ccccc3O2)CC1. The highest BCUT2D eigenvalue weighted by Crippen LogP contribution is 2.31. The first-order chi connectivity index (χ1) is 16.2. The molecule has 33 heavy (non-hydrogen) atoms. The van der Waals surface area contributed by atoms with Gasteiger partial charge in [-0.25, -0.2) is 0 Å². The smallest absolute Gasteiger partial charge is 0.267 e. The molecule has 7 heteroatoms. The van der Waals surface area contributed by atoms with Crippen LogP contribution in [0.5, 0.6) is 23.0 Å². The van der Waals surface area contributed by atoms with Crippen LogP contribution >= 0.6 is 0 Å². The number of rotatable bonds is 4. The van der Waals surface area contributed by atoms with Gasteiger partial charge in [-0.15, -0.1) is 0 Å². The summed E-state index contributed by atoms with van der Waals surface area (Å²) in [6, 6.07) is 23.9. The second-order valence-electron chi connectivity index (χ2n) is 7.92. The maximum atomic E-state index is 13.0. The molecule has 1 saturated heterocycles. The fourth-order valence-electron chi connectivity index (χ4n) is 3.97. The van der Waals surface area contributed by atoms with Crippen molar-refractivity contribution in [1.82, 2.24) is 9.80 Å². The molecule has 2 amide bonds. The molecule has 0 N–H and O–H groups in total. The third-order valence-corrected chi connectivity index (χ3v) is 5.72. The third-order valence-electron chi connectivity index (χ3n) is 5.72. The van der Waals surface area contributed by atoms with Crippen LogP contribution in [0.2, 0.25) is 0 Å². The van der Waals surface area contributed by atoms with E-state index in [9.17, 15) is 9.59 Å². The lowest BCUT2D eigenvalue weighted by Crippen LogP contribution is -2.55. The molecule has 0 saturated carbocycles. The van der Waals surface area contributed by atoms with Crippen molar-refractivity contribution in [3.05, 3.63) is 84.4 Å². The van der Waals surface area contributed by atoms with Gasteiger partial charge in [-0.3, -0.25) is 9.59 Å². The lowest BCUT2D eigenvalue weighted by atomic mass is 10.1. The van der Waals surface area contributed by atoms with Crippen molar-refractivity contribution in [2.45, 2.75) is 6.10 Å². The van der Waals surface area contributed by atoms with E-state index in [-0.39, 0.29) is 18.4 Å². The standard InChI is InChI=1S/C26H24N2O5/c29-25(19-7-6-10-21(17-19)32-20-8-2-1-3-9-20)27-13-15-28(16-14-27)26(30)24-18-31-22-11-4-5-12-23(22)33-24/h1-12,17,24H,13-16,18H2/t24-/m1/s1. The summed E-state index contributed by atoms with van der Waals surface area (Å²) in [5, 5.41) is 0. The summed E-state index contributed by atoms with van der Waals surface area (Å²) in [6.07, 6.45) is -0.672. The summed E-state index contributed by atoms with van der Waals surface area (Å²) in [6.45, 7) is 2.00. The predicted octanol–water partition coefficient (Wildman–Crippen LogP) is 3.60. The van der Waals surface area contributed by atoms with Crippen LogP contribution in [0, 0.1) is 0 Å². The number of piperazine rings is 1. The average Bonchev–Trinajstić information content (AvgIpc) is 2.88. The minimum absolute atomic E-state index is 0.0770. The molecule has 0 aliphatic carbocycles. The molecule has 0 aromatic heterocycles. The van der Waals surface area contributed by atoms with Gasteiger partial charge in [-0.05, 0) is 42.5 Å². The highest BCUT2D eigenvalue weighted by Gasteiger charge is 2.33. The Morgan fingerprint density at radius 2 is 1.42 bits per heavy atom. The van der Waals surface area contributed by atoms with Gasteiger partial charge < -0.3 is 24.0 Å². The molecule has 0 bridgehead atoms. The quantitative estimate of drug-likeness (QED) is 0.615. The third kappa shape index (κ3) is 4.62. The maximum Gasteiger partial charge on any atom is 0.267 e. The van der Waals surface area contributed by atoms with Crippen LogP contribution in [-0.2, 0) is 4.79 Å². The van der Waals surface area contributed by atoms with Crippen LogP contribution in [-0.4, -0.2) is 60.5 Å². The number of amides is 2. The van der Waals surface area contributed by atoms with E-state index in [4.69, 9.17) is 14.2 Å². The molecule has 2 heterocycles. The first kappa shape index (κ1) is 20.9. The number of hydrogen-bond acceptors (Lipinski definition) is 5. The number of nitrogens with zero attached hydrogens (tertiary/aromatic N) is 2. The molecule has 1 fully saturated rings. The van der Waals surface area contributed by atoms with Gasteiger partial charge >= 0.3 is 0 Å². The van der Waals surface area contributed by atoms with E-state index in [0.717, 1.165) is 0 Å². The first-order valence-electron chi connectivity index (χ1n) is 11.0. The molecule has 2 aliphatic heterocycles. The van der Waals surface area contributed by atoms with Gasteiger partial charge in [-0.1, -0.05) is 36.4 Å². The van der Waals surface area contributed by atoms with Crippen LogP contribution in [0.15, 0.2) is 78.9 Å². The van der Waals surface area contributed by atoms with Crippen molar-refractivity contribution in [2.24, 2.45) is 0 Å². The summed E-state index contributed by atoms with van der Waals surface area (Å²) in [5.41, 5.74) is 0.559. The van der Waals surface area contributed by atoms with Crippen LogP contribution in [0.3, 0.4) is 0 Å². The molecular formula is C26H24N2O5. The van der Waals surface area contributed by atoms with Crippen molar-refractivity contribution in [3.8, 4) is 23.0 Å². The van der Waals surface area contributed by atoms with Crippen LogP contribution in [0.4, 0.5) is 0 Å². The molecule has 0 spiro atoms. The highest BCUT2D eigenvalue weighted by molar-refractivity contribution is 5.95. The molecule has 7 nitrogen and oxygen atoms in total. The van der Waals surface area contributed by atoms with Gasteiger partial charge in [0.2, 0.25) is 6.10 Å². The topological polar surface area (TPSA) is 68.3 Å².